The topological polar surface area (TPSA) is 17.1 Å². The SMILES string of the molecule is O=C1CCC2c3cc(F)cc(F)c3CCC2C1. The zero-order valence-corrected chi connectivity index (χ0v) is 9.51. The molecule has 1 aromatic rings. The first kappa shape index (κ1) is 10.9. The third-order valence-electron chi connectivity index (χ3n) is 4.15. The van der Waals surface area contributed by atoms with Crippen molar-refractivity contribution in [2.24, 2.45) is 5.92 Å². The van der Waals surface area contributed by atoms with Crippen molar-refractivity contribution in [3.05, 3.63) is 34.9 Å². The number of fused-ring (bicyclic) bond motifs is 3. The van der Waals surface area contributed by atoms with Gasteiger partial charge in [-0.15, -0.1) is 0 Å². The van der Waals surface area contributed by atoms with Gasteiger partial charge in [0.25, 0.3) is 0 Å². The zero-order chi connectivity index (χ0) is 12.0. The monoisotopic (exact) mass is 236 g/mol. The Morgan fingerprint density at radius 1 is 1.12 bits per heavy atom. The highest BCUT2D eigenvalue weighted by Crippen LogP contribution is 2.44. The van der Waals surface area contributed by atoms with Gasteiger partial charge < -0.3 is 0 Å². The lowest BCUT2D eigenvalue weighted by atomic mass is 9.68. The minimum absolute atomic E-state index is 0.182. The third kappa shape index (κ3) is 1.78. The first-order chi connectivity index (χ1) is 8.15. The lowest BCUT2D eigenvalue weighted by molar-refractivity contribution is -0.122. The van der Waals surface area contributed by atoms with Crippen molar-refractivity contribution >= 4 is 5.78 Å². The van der Waals surface area contributed by atoms with Gasteiger partial charge in [0.05, 0.1) is 0 Å². The van der Waals surface area contributed by atoms with E-state index in [2.05, 4.69) is 0 Å². The summed E-state index contributed by atoms with van der Waals surface area (Å²) in [6.07, 6.45) is 3.38. The molecule has 2 aliphatic carbocycles. The van der Waals surface area contributed by atoms with Gasteiger partial charge >= 0.3 is 0 Å². The molecule has 0 aromatic heterocycles. The van der Waals surface area contributed by atoms with E-state index in [0.717, 1.165) is 24.5 Å². The van der Waals surface area contributed by atoms with Crippen LogP contribution in [0.3, 0.4) is 0 Å². The van der Waals surface area contributed by atoms with E-state index >= 15 is 0 Å². The fourth-order valence-corrected chi connectivity index (χ4v) is 3.35. The smallest absolute Gasteiger partial charge is 0.133 e. The van der Waals surface area contributed by atoms with Crippen LogP contribution < -0.4 is 0 Å². The summed E-state index contributed by atoms with van der Waals surface area (Å²) in [4.78, 5) is 11.4. The molecule has 3 rings (SSSR count). The molecular formula is C14H14F2O. The van der Waals surface area contributed by atoms with Crippen LogP contribution in [-0.4, -0.2) is 5.78 Å². The Morgan fingerprint density at radius 2 is 1.94 bits per heavy atom. The Hall–Kier alpha value is -1.25. The van der Waals surface area contributed by atoms with E-state index in [4.69, 9.17) is 0 Å². The van der Waals surface area contributed by atoms with Crippen LogP contribution in [0.15, 0.2) is 12.1 Å². The minimum Gasteiger partial charge on any atom is -0.300 e. The van der Waals surface area contributed by atoms with Gasteiger partial charge in [0.1, 0.15) is 17.4 Å². The van der Waals surface area contributed by atoms with E-state index < -0.39 is 11.6 Å². The number of hydrogen-bond acceptors (Lipinski definition) is 1. The highest BCUT2D eigenvalue weighted by atomic mass is 19.1. The van der Waals surface area contributed by atoms with Crippen molar-refractivity contribution < 1.29 is 13.6 Å². The Bertz CT molecular complexity index is 481. The van der Waals surface area contributed by atoms with Crippen LogP contribution in [0.1, 0.15) is 42.7 Å². The van der Waals surface area contributed by atoms with Crippen molar-refractivity contribution in [1.29, 1.82) is 0 Å². The van der Waals surface area contributed by atoms with Gasteiger partial charge in [-0.3, -0.25) is 4.79 Å². The molecule has 0 radical (unpaired) electrons. The molecule has 1 saturated carbocycles. The number of carbonyl (C=O) groups is 1. The molecule has 3 heteroatoms. The number of hydrogen-bond donors (Lipinski definition) is 0. The molecule has 0 N–H and O–H groups in total. The van der Waals surface area contributed by atoms with E-state index in [1.807, 2.05) is 0 Å². The van der Waals surface area contributed by atoms with Gasteiger partial charge in [0.2, 0.25) is 0 Å². The predicted molar refractivity (Wildman–Crippen MR) is 59.8 cm³/mol. The van der Waals surface area contributed by atoms with Crippen molar-refractivity contribution in [3.8, 4) is 0 Å². The van der Waals surface area contributed by atoms with Gasteiger partial charge in [-0.05, 0) is 48.3 Å². The van der Waals surface area contributed by atoms with E-state index in [-0.39, 0.29) is 5.92 Å². The number of benzene rings is 1. The Labute approximate surface area is 98.8 Å². The van der Waals surface area contributed by atoms with Gasteiger partial charge in [-0.2, -0.15) is 0 Å². The van der Waals surface area contributed by atoms with Crippen molar-refractivity contribution in [2.45, 2.75) is 38.0 Å². The van der Waals surface area contributed by atoms with Crippen LogP contribution in [0, 0.1) is 17.6 Å². The van der Waals surface area contributed by atoms with Crippen LogP contribution in [-0.2, 0) is 11.2 Å². The highest BCUT2D eigenvalue weighted by molar-refractivity contribution is 5.79. The van der Waals surface area contributed by atoms with Crippen molar-refractivity contribution in [3.63, 3.8) is 0 Å². The second-order valence-corrected chi connectivity index (χ2v) is 5.14. The minimum atomic E-state index is -0.501. The Morgan fingerprint density at radius 3 is 2.76 bits per heavy atom. The maximum atomic E-state index is 13.7. The molecule has 0 heterocycles. The van der Waals surface area contributed by atoms with E-state index in [1.165, 1.54) is 6.07 Å². The average Bonchev–Trinajstić information content (AvgIpc) is 2.27. The number of Topliss-reactive ketones (excluding diaryl/α,β-unsaturated/α-hetero) is 1. The third-order valence-corrected chi connectivity index (χ3v) is 4.15. The molecular weight excluding hydrogens is 222 g/mol. The first-order valence-corrected chi connectivity index (χ1v) is 6.14. The summed E-state index contributed by atoms with van der Waals surface area (Å²) in [6.45, 7) is 0. The zero-order valence-electron chi connectivity index (χ0n) is 9.51. The van der Waals surface area contributed by atoms with E-state index in [0.29, 0.717) is 36.5 Å². The molecule has 0 bridgehead atoms. The van der Waals surface area contributed by atoms with Gasteiger partial charge in [0.15, 0.2) is 0 Å². The molecule has 2 atom stereocenters. The van der Waals surface area contributed by atoms with Crippen LogP contribution in [0.25, 0.3) is 0 Å². The van der Waals surface area contributed by atoms with Crippen LogP contribution in [0.5, 0.6) is 0 Å². The summed E-state index contributed by atoms with van der Waals surface area (Å²) in [5, 5.41) is 0. The summed E-state index contributed by atoms with van der Waals surface area (Å²) in [7, 11) is 0. The summed E-state index contributed by atoms with van der Waals surface area (Å²) < 4.78 is 26.9. The summed E-state index contributed by atoms with van der Waals surface area (Å²) >= 11 is 0. The number of halogens is 2. The summed E-state index contributed by atoms with van der Waals surface area (Å²) in [5.41, 5.74) is 1.48. The second kappa shape index (κ2) is 3.90. The van der Waals surface area contributed by atoms with E-state index in [9.17, 15) is 13.6 Å². The maximum absolute atomic E-state index is 13.7. The molecule has 0 aliphatic heterocycles. The molecule has 1 aromatic carbocycles. The van der Waals surface area contributed by atoms with E-state index in [1.54, 1.807) is 0 Å². The predicted octanol–water partition coefficient (Wildman–Crippen LogP) is 3.36. The summed E-state index contributed by atoms with van der Waals surface area (Å²) in [5.74, 6) is -0.146. The average molecular weight is 236 g/mol. The maximum Gasteiger partial charge on any atom is 0.133 e. The molecule has 17 heavy (non-hydrogen) atoms. The van der Waals surface area contributed by atoms with Crippen LogP contribution in [0.4, 0.5) is 8.78 Å². The molecule has 2 unspecified atom stereocenters. The van der Waals surface area contributed by atoms with Gasteiger partial charge in [-0.25, -0.2) is 8.78 Å². The molecule has 1 nitrogen and oxygen atoms in total. The number of carbonyl (C=O) groups excluding carboxylic acids is 1. The number of ketones is 1. The Kier molecular flexibility index (Phi) is 2.49. The standard InChI is InChI=1S/C14H14F2O/c15-9-6-13-11-4-2-10(17)5-8(11)1-3-12(13)14(16)7-9/h6-8,11H,1-5H2. The van der Waals surface area contributed by atoms with Crippen molar-refractivity contribution in [2.75, 3.05) is 0 Å². The van der Waals surface area contributed by atoms with Crippen molar-refractivity contribution in [1.82, 2.24) is 0 Å². The van der Waals surface area contributed by atoms with Gasteiger partial charge in [-0.1, -0.05) is 0 Å². The largest absolute Gasteiger partial charge is 0.300 e. The fourth-order valence-electron chi connectivity index (χ4n) is 3.35. The highest BCUT2D eigenvalue weighted by Gasteiger charge is 2.35. The molecule has 1 fully saturated rings. The van der Waals surface area contributed by atoms with Crippen LogP contribution in [0.2, 0.25) is 0 Å². The number of rotatable bonds is 0. The Balaban J connectivity index is 2.04. The van der Waals surface area contributed by atoms with Gasteiger partial charge in [0, 0.05) is 18.9 Å². The molecule has 0 amide bonds. The lowest BCUT2D eigenvalue weighted by Gasteiger charge is -2.36. The first-order valence-electron chi connectivity index (χ1n) is 6.14. The van der Waals surface area contributed by atoms with Crippen LogP contribution >= 0.6 is 0 Å². The molecule has 90 valence electrons. The quantitative estimate of drug-likeness (QED) is 0.675. The lowest BCUT2D eigenvalue weighted by Crippen LogP contribution is -2.28. The molecule has 0 spiro atoms. The summed E-state index contributed by atoms with van der Waals surface area (Å²) in [6, 6.07) is 2.43. The fraction of sp³-hybridized carbons (Fsp3) is 0.500. The normalized spacial score (nSPS) is 27.5. The second-order valence-electron chi connectivity index (χ2n) is 5.14. The molecule has 2 aliphatic rings. The molecule has 0 saturated heterocycles.